The number of halogens is 1. The van der Waals surface area contributed by atoms with Crippen LogP contribution in [0.25, 0.3) is 0 Å². The number of amides is 1. The highest BCUT2D eigenvalue weighted by Gasteiger charge is 2.24. The molecule has 0 saturated carbocycles. The van der Waals surface area contributed by atoms with Crippen molar-refractivity contribution in [2.45, 2.75) is 26.2 Å². The van der Waals surface area contributed by atoms with E-state index in [0.717, 1.165) is 32.4 Å². The third kappa shape index (κ3) is 3.10. The molecule has 20 heavy (non-hydrogen) atoms. The molecule has 0 N–H and O–H groups in total. The van der Waals surface area contributed by atoms with Gasteiger partial charge in [-0.25, -0.2) is 0 Å². The molecular formula is C14H17ClN2O3. The van der Waals surface area contributed by atoms with Crippen LogP contribution >= 0.6 is 11.6 Å². The minimum absolute atomic E-state index is 0.00398. The van der Waals surface area contributed by atoms with Gasteiger partial charge in [0.15, 0.2) is 0 Å². The van der Waals surface area contributed by atoms with Crippen LogP contribution in [0, 0.1) is 16.0 Å². The topological polar surface area (TPSA) is 63.5 Å². The maximum absolute atomic E-state index is 12.3. The number of likely N-dealkylation sites (tertiary alicyclic amines) is 1. The average molecular weight is 297 g/mol. The molecule has 0 bridgehead atoms. The Morgan fingerprint density at radius 1 is 1.45 bits per heavy atom. The molecule has 1 aliphatic heterocycles. The normalized spacial score (nSPS) is 16.2. The molecule has 1 heterocycles. The monoisotopic (exact) mass is 296 g/mol. The number of carbonyl (C=O) groups is 1. The summed E-state index contributed by atoms with van der Waals surface area (Å²) in [6, 6.07) is 4.14. The molecule has 0 aromatic heterocycles. The van der Waals surface area contributed by atoms with Crippen molar-refractivity contribution < 1.29 is 9.72 Å². The number of hydrogen-bond acceptors (Lipinski definition) is 3. The van der Waals surface area contributed by atoms with Crippen LogP contribution in [0.3, 0.4) is 0 Å². The van der Waals surface area contributed by atoms with Gasteiger partial charge in [0, 0.05) is 24.7 Å². The highest BCUT2D eigenvalue weighted by Crippen LogP contribution is 2.27. The third-order valence-electron chi connectivity index (χ3n) is 3.87. The lowest BCUT2D eigenvalue weighted by atomic mass is 9.94. The Hall–Kier alpha value is -1.62. The molecule has 1 aromatic carbocycles. The third-order valence-corrected chi connectivity index (χ3v) is 4.17. The molecule has 1 saturated heterocycles. The van der Waals surface area contributed by atoms with E-state index in [9.17, 15) is 14.9 Å². The SMILES string of the molecule is CCC1CCN(C(=O)c2ccc([N+](=O)[O-])c(Cl)c2)CC1. The van der Waals surface area contributed by atoms with Crippen molar-refractivity contribution in [1.82, 2.24) is 4.90 Å². The molecule has 108 valence electrons. The van der Waals surface area contributed by atoms with E-state index in [1.54, 1.807) is 4.90 Å². The molecule has 2 rings (SSSR count). The summed E-state index contributed by atoms with van der Waals surface area (Å²) in [7, 11) is 0. The van der Waals surface area contributed by atoms with Crippen LogP contribution in [0.2, 0.25) is 5.02 Å². The highest BCUT2D eigenvalue weighted by molar-refractivity contribution is 6.33. The van der Waals surface area contributed by atoms with Gasteiger partial charge in [-0.05, 0) is 30.9 Å². The smallest absolute Gasteiger partial charge is 0.287 e. The van der Waals surface area contributed by atoms with Gasteiger partial charge in [0.25, 0.3) is 11.6 Å². The fraction of sp³-hybridized carbons (Fsp3) is 0.500. The molecule has 5 nitrogen and oxygen atoms in total. The van der Waals surface area contributed by atoms with Crippen molar-refractivity contribution in [3.63, 3.8) is 0 Å². The predicted octanol–water partition coefficient (Wildman–Crippen LogP) is 3.51. The first-order chi connectivity index (χ1) is 9.52. The molecule has 1 aliphatic rings. The number of hydrogen-bond donors (Lipinski definition) is 0. The molecule has 0 atom stereocenters. The van der Waals surface area contributed by atoms with E-state index in [1.165, 1.54) is 18.2 Å². The van der Waals surface area contributed by atoms with Crippen LogP contribution in [0.1, 0.15) is 36.5 Å². The zero-order valence-corrected chi connectivity index (χ0v) is 12.1. The molecule has 1 aromatic rings. The highest BCUT2D eigenvalue weighted by atomic mass is 35.5. The van der Waals surface area contributed by atoms with E-state index in [4.69, 9.17) is 11.6 Å². The number of carbonyl (C=O) groups excluding carboxylic acids is 1. The van der Waals surface area contributed by atoms with Crippen molar-refractivity contribution in [2.24, 2.45) is 5.92 Å². The standard InChI is InChI=1S/C14H17ClN2O3/c1-2-10-5-7-16(8-6-10)14(18)11-3-4-13(17(19)20)12(15)9-11/h3-4,9-10H,2,5-8H2,1H3. The molecule has 0 aliphatic carbocycles. The van der Waals surface area contributed by atoms with Crippen LogP contribution in [0.4, 0.5) is 5.69 Å². The van der Waals surface area contributed by atoms with Gasteiger partial charge in [0.1, 0.15) is 5.02 Å². The molecule has 1 fully saturated rings. The molecule has 0 unspecified atom stereocenters. The molecule has 6 heteroatoms. The van der Waals surface area contributed by atoms with Crippen LogP contribution in [-0.2, 0) is 0 Å². The number of rotatable bonds is 3. The Bertz CT molecular complexity index is 525. The number of nitro benzene ring substituents is 1. The zero-order valence-electron chi connectivity index (χ0n) is 11.3. The van der Waals surface area contributed by atoms with Gasteiger partial charge in [-0.15, -0.1) is 0 Å². The van der Waals surface area contributed by atoms with Gasteiger partial charge in [-0.3, -0.25) is 14.9 Å². The summed E-state index contributed by atoms with van der Waals surface area (Å²) in [4.78, 5) is 24.3. The van der Waals surface area contributed by atoms with Crippen molar-refractivity contribution in [3.05, 3.63) is 38.9 Å². The lowest BCUT2D eigenvalue weighted by Gasteiger charge is -2.31. The number of nitrogens with zero attached hydrogens (tertiary/aromatic N) is 2. The molecule has 0 spiro atoms. The number of nitro groups is 1. The Kier molecular flexibility index (Phi) is 4.60. The van der Waals surface area contributed by atoms with E-state index in [-0.39, 0.29) is 16.6 Å². The first-order valence-corrected chi connectivity index (χ1v) is 7.14. The van der Waals surface area contributed by atoms with Gasteiger partial charge in [0.05, 0.1) is 4.92 Å². The summed E-state index contributed by atoms with van der Waals surface area (Å²) in [5.74, 6) is 0.593. The van der Waals surface area contributed by atoms with E-state index in [2.05, 4.69) is 6.92 Å². The molecule has 1 amide bonds. The summed E-state index contributed by atoms with van der Waals surface area (Å²) < 4.78 is 0. The van der Waals surface area contributed by atoms with Crippen molar-refractivity contribution in [1.29, 1.82) is 0 Å². The summed E-state index contributed by atoms with van der Waals surface area (Å²) in [6.45, 7) is 3.65. The van der Waals surface area contributed by atoms with E-state index < -0.39 is 4.92 Å². The van der Waals surface area contributed by atoms with Crippen LogP contribution < -0.4 is 0 Å². The Labute approximate surface area is 122 Å². The van der Waals surface area contributed by atoms with Crippen molar-refractivity contribution in [2.75, 3.05) is 13.1 Å². The van der Waals surface area contributed by atoms with Crippen LogP contribution in [0.5, 0.6) is 0 Å². The van der Waals surface area contributed by atoms with Gasteiger partial charge >= 0.3 is 0 Å². The summed E-state index contributed by atoms with van der Waals surface area (Å²) in [6.07, 6.45) is 3.18. The second kappa shape index (κ2) is 6.22. The lowest BCUT2D eigenvalue weighted by molar-refractivity contribution is -0.384. The lowest BCUT2D eigenvalue weighted by Crippen LogP contribution is -2.38. The van der Waals surface area contributed by atoms with E-state index in [1.807, 2.05) is 0 Å². The first-order valence-electron chi connectivity index (χ1n) is 6.76. The number of piperidine rings is 1. The van der Waals surface area contributed by atoms with Gasteiger partial charge in [-0.2, -0.15) is 0 Å². The van der Waals surface area contributed by atoms with Gasteiger partial charge in [-0.1, -0.05) is 24.9 Å². The van der Waals surface area contributed by atoms with Crippen molar-refractivity contribution >= 4 is 23.2 Å². The minimum atomic E-state index is -0.552. The molecule has 0 radical (unpaired) electrons. The fourth-order valence-corrected chi connectivity index (χ4v) is 2.76. The average Bonchev–Trinajstić information content (AvgIpc) is 2.46. The maximum Gasteiger partial charge on any atom is 0.287 e. The fourth-order valence-electron chi connectivity index (χ4n) is 2.51. The Morgan fingerprint density at radius 3 is 2.60 bits per heavy atom. The van der Waals surface area contributed by atoms with Crippen molar-refractivity contribution in [3.8, 4) is 0 Å². The Morgan fingerprint density at radius 2 is 2.10 bits per heavy atom. The summed E-state index contributed by atoms with van der Waals surface area (Å²) in [5, 5.41) is 10.7. The first kappa shape index (κ1) is 14.8. The minimum Gasteiger partial charge on any atom is -0.339 e. The van der Waals surface area contributed by atoms with E-state index in [0.29, 0.717) is 11.5 Å². The summed E-state index contributed by atoms with van der Waals surface area (Å²) >= 11 is 5.84. The van der Waals surface area contributed by atoms with Crippen LogP contribution in [0.15, 0.2) is 18.2 Å². The number of benzene rings is 1. The molecular weight excluding hydrogens is 280 g/mol. The van der Waals surface area contributed by atoms with E-state index >= 15 is 0 Å². The quantitative estimate of drug-likeness (QED) is 0.633. The summed E-state index contributed by atoms with van der Waals surface area (Å²) in [5.41, 5.74) is 0.239. The zero-order chi connectivity index (χ0) is 14.7. The second-order valence-corrected chi connectivity index (χ2v) is 5.47. The maximum atomic E-state index is 12.3. The largest absolute Gasteiger partial charge is 0.339 e. The van der Waals surface area contributed by atoms with Crippen LogP contribution in [-0.4, -0.2) is 28.8 Å². The Balaban J connectivity index is 2.10. The predicted molar refractivity (Wildman–Crippen MR) is 77.0 cm³/mol. The second-order valence-electron chi connectivity index (χ2n) is 5.07. The van der Waals surface area contributed by atoms with Gasteiger partial charge in [0.2, 0.25) is 0 Å². The van der Waals surface area contributed by atoms with Gasteiger partial charge < -0.3 is 4.90 Å².